The Hall–Kier alpha value is -2.75. The number of nitrogens with zero attached hydrogens (tertiary/aromatic N) is 1. The molecule has 0 bridgehead atoms. The number of aromatic nitrogens is 1. The van der Waals surface area contributed by atoms with E-state index in [1.807, 2.05) is 84.9 Å². The van der Waals surface area contributed by atoms with Crippen molar-refractivity contribution in [1.82, 2.24) is 4.98 Å². The van der Waals surface area contributed by atoms with E-state index in [9.17, 15) is 5.11 Å². The van der Waals surface area contributed by atoms with E-state index < -0.39 is 5.60 Å². The monoisotopic (exact) mass is 357 g/mol. The number of fused-ring (bicyclic) bond motifs is 1. The second-order valence-corrected chi connectivity index (χ2v) is 7.26. The van der Waals surface area contributed by atoms with Gasteiger partial charge >= 0.3 is 0 Å². The normalized spacial score (nSPS) is 13.9. The van der Waals surface area contributed by atoms with E-state index in [1.54, 1.807) is 11.3 Å². The highest BCUT2D eigenvalue weighted by molar-refractivity contribution is 7.18. The quantitative estimate of drug-likeness (QED) is 0.502. The summed E-state index contributed by atoms with van der Waals surface area (Å²) in [4.78, 5) is 4.72. The van der Waals surface area contributed by atoms with Crippen molar-refractivity contribution in [2.75, 3.05) is 0 Å². The third-order valence-corrected chi connectivity index (χ3v) is 5.61. The van der Waals surface area contributed by atoms with Crippen LogP contribution in [0, 0.1) is 0 Å². The molecule has 0 aliphatic rings. The Morgan fingerprint density at radius 2 is 1.50 bits per heavy atom. The summed E-state index contributed by atoms with van der Waals surface area (Å²) in [6, 6.07) is 27.9. The number of aliphatic hydroxyl groups is 1. The second kappa shape index (κ2) is 7.24. The van der Waals surface area contributed by atoms with E-state index in [4.69, 9.17) is 4.98 Å². The zero-order chi connectivity index (χ0) is 17.8. The fraction of sp³-hybridized carbons (Fsp3) is 0.0870. The van der Waals surface area contributed by atoms with Crippen LogP contribution in [0.5, 0.6) is 0 Å². The molecule has 1 atom stereocenters. The largest absolute Gasteiger partial charge is 0.378 e. The van der Waals surface area contributed by atoms with Crippen molar-refractivity contribution in [2.24, 2.45) is 0 Å². The van der Waals surface area contributed by atoms with Crippen LogP contribution in [-0.2, 0) is 5.60 Å². The smallest absolute Gasteiger partial charge is 0.144 e. The standard InChI is InChI=1S/C23H19NOS/c25-23(19-13-5-2-6-14-19,17-9-12-18-10-3-1-4-11-18)22-24-20-15-7-8-16-21(20)26-22/h1-16,25H,17H2. The molecule has 0 aliphatic carbocycles. The van der Waals surface area contributed by atoms with Crippen LogP contribution in [0.15, 0.2) is 91.0 Å². The first-order valence-electron chi connectivity index (χ1n) is 8.61. The first-order valence-corrected chi connectivity index (χ1v) is 9.43. The Morgan fingerprint density at radius 3 is 2.23 bits per heavy atom. The SMILES string of the molecule is OC(CC=Cc1ccccc1)(c1ccccc1)c1nc2ccccc2s1. The first kappa shape index (κ1) is 16.7. The lowest BCUT2D eigenvalue weighted by molar-refractivity contribution is 0.0842. The van der Waals surface area contributed by atoms with Gasteiger partial charge in [0.1, 0.15) is 10.6 Å². The van der Waals surface area contributed by atoms with E-state index in [0.717, 1.165) is 26.4 Å². The van der Waals surface area contributed by atoms with Gasteiger partial charge in [0.15, 0.2) is 0 Å². The van der Waals surface area contributed by atoms with Gasteiger partial charge in [0.25, 0.3) is 0 Å². The molecule has 0 saturated carbocycles. The minimum atomic E-state index is -1.14. The molecule has 26 heavy (non-hydrogen) atoms. The molecule has 0 aliphatic heterocycles. The highest BCUT2D eigenvalue weighted by Crippen LogP contribution is 2.38. The molecule has 3 aromatic carbocycles. The molecule has 1 unspecified atom stereocenters. The summed E-state index contributed by atoms with van der Waals surface area (Å²) in [7, 11) is 0. The van der Waals surface area contributed by atoms with Crippen molar-refractivity contribution in [3.8, 4) is 0 Å². The van der Waals surface area contributed by atoms with E-state index in [0.29, 0.717) is 6.42 Å². The predicted octanol–water partition coefficient (Wildman–Crippen LogP) is 5.64. The van der Waals surface area contributed by atoms with Gasteiger partial charge in [-0.3, -0.25) is 0 Å². The Bertz CT molecular complexity index is 991. The summed E-state index contributed by atoms with van der Waals surface area (Å²) in [5, 5.41) is 12.4. The summed E-state index contributed by atoms with van der Waals surface area (Å²) in [6.45, 7) is 0. The molecule has 1 aromatic heterocycles. The van der Waals surface area contributed by atoms with Crippen LogP contribution in [0.3, 0.4) is 0 Å². The molecule has 4 rings (SSSR count). The average Bonchev–Trinajstić information content (AvgIpc) is 3.14. The van der Waals surface area contributed by atoms with E-state index in [1.165, 1.54) is 0 Å². The van der Waals surface area contributed by atoms with Gasteiger partial charge in [-0.2, -0.15) is 0 Å². The highest BCUT2D eigenvalue weighted by Gasteiger charge is 2.33. The zero-order valence-electron chi connectivity index (χ0n) is 14.2. The third kappa shape index (κ3) is 3.32. The van der Waals surface area contributed by atoms with Gasteiger partial charge in [0, 0.05) is 6.42 Å². The Morgan fingerprint density at radius 1 is 0.846 bits per heavy atom. The van der Waals surface area contributed by atoms with Crippen molar-refractivity contribution >= 4 is 27.6 Å². The van der Waals surface area contributed by atoms with Crippen molar-refractivity contribution in [2.45, 2.75) is 12.0 Å². The molecule has 0 saturated heterocycles. The number of rotatable bonds is 5. The van der Waals surface area contributed by atoms with Crippen molar-refractivity contribution < 1.29 is 5.11 Å². The van der Waals surface area contributed by atoms with Gasteiger partial charge in [-0.05, 0) is 23.3 Å². The van der Waals surface area contributed by atoms with Crippen LogP contribution < -0.4 is 0 Å². The highest BCUT2D eigenvalue weighted by atomic mass is 32.1. The first-order chi connectivity index (χ1) is 12.8. The van der Waals surface area contributed by atoms with Crippen molar-refractivity contribution in [3.63, 3.8) is 0 Å². The van der Waals surface area contributed by atoms with Crippen LogP contribution in [0.2, 0.25) is 0 Å². The Balaban J connectivity index is 1.73. The van der Waals surface area contributed by atoms with Gasteiger partial charge in [-0.15, -0.1) is 11.3 Å². The molecular weight excluding hydrogens is 338 g/mol. The van der Waals surface area contributed by atoms with E-state index in [-0.39, 0.29) is 0 Å². The van der Waals surface area contributed by atoms with Gasteiger partial charge < -0.3 is 5.11 Å². The van der Waals surface area contributed by atoms with E-state index in [2.05, 4.69) is 12.1 Å². The van der Waals surface area contributed by atoms with Gasteiger partial charge in [-0.1, -0.05) is 84.9 Å². The van der Waals surface area contributed by atoms with Crippen LogP contribution in [0.25, 0.3) is 16.3 Å². The number of hydrogen-bond donors (Lipinski definition) is 1. The second-order valence-electron chi connectivity index (χ2n) is 6.23. The number of para-hydroxylation sites is 1. The molecule has 0 spiro atoms. The predicted molar refractivity (Wildman–Crippen MR) is 109 cm³/mol. The lowest BCUT2D eigenvalue weighted by Crippen LogP contribution is -2.26. The lowest BCUT2D eigenvalue weighted by Gasteiger charge is -2.25. The average molecular weight is 357 g/mol. The minimum absolute atomic E-state index is 0.464. The van der Waals surface area contributed by atoms with Crippen molar-refractivity contribution in [1.29, 1.82) is 0 Å². The summed E-state index contributed by atoms with van der Waals surface area (Å²) < 4.78 is 1.09. The molecule has 1 N–H and O–H groups in total. The van der Waals surface area contributed by atoms with Gasteiger partial charge in [0.05, 0.1) is 10.2 Å². The molecule has 1 heterocycles. The van der Waals surface area contributed by atoms with Crippen molar-refractivity contribution in [3.05, 3.63) is 107 Å². The molecular formula is C23H19NOS. The maximum Gasteiger partial charge on any atom is 0.144 e. The summed E-state index contributed by atoms with van der Waals surface area (Å²) in [6.07, 6.45) is 4.53. The fourth-order valence-corrected chi connectivity index (χ4v) is 4.11. The molecule has 0 amide bonds. The molecule has 128 valence electrons. The number of thiazole rings is 1. The molecule has 3 heteroatoms. The van der Waals surface area contributed by atoms with Crippen LogP contribution in [0.1, 0.15) is 22.6 Å². The minimum Gasteiger partial charge on any atom is -0.378 e. The van der Waals surface area contributed by atoms with Crippen LogP contribution in [0.4, 0.5) is 0 Å². The molecule has 4 aromatic rings. The van der Waals surface area contributed by atoms with E-state index >= 15 is 0 Å². The van der Waals surface area contributed by atoms with Gasteiger partial charge in [0.2, 0.25) is 0 Å². The van der Waals surface area contributed by atoms with Gasteiger partial charge in [-0.25, -0.2) is 4.98 Å². The maximum atomic E-state index is 11.6. The number of benzene rings is 3. The summed E-state index contributed by atoms with van der Waals surface area (Å²) in [5.41, 5.74) is 1.76. The zero-order valence-corrected chi connectivity index (χ0v) is 15.1. The molecule has 0 fully saturated rings. The summed E-state index contributed by atoms with van der Waals surface area (Å²) in [5.74, 6) is 0. The van der Waals surface area contributed by atoms with Crippen LogP contribution in [-0.4, -0.2) is 10.1 Å². The Kier molecular flexibility index (Phi) is 4.65. The van der Waals surface area contributed by atoms with Crippen LogP contribution >= 0.6 is 11.3 Å². The maximum absolute atomic E-state index is 11.6. The Labute approximate surface area is 157 Å². The lowest BCUT2D eigenvalue weighted by atomic mass is 9.90. The molecule has 2 nitrogen and oxygen atoms in total. The topological polar surface area (TPSA) is 33.1 Å². The number of hydrogen-bond acceptors (Lipinski definition) is 3. The third-order valence-electron chi connectivity index (χ3n) is 4.42. The summed E-state index contributed by atoms with van der Waals surface area (Å²) >= 11 is 1.55. The molecule has 0 radical (unpaired) electrons. The fourth-order valence-electron chi connectivity index (χ4n) is 3.02.